The van der Waals surface area contributed by atoms with E-state index < -0.39 is 0 Å². The summed E-state index contributed by atoms with van der Waals surface area (Å²) in [5.41, 5.74) is 0.930. The first kappa shape index (κ1) is 13.2. The Labute approximate surface area is 109 Å². The van der Waals surface area contributed by atoms with E-state index in [1.807, 2.05) is 0 Å². The molecule has 1 saturated carbocycles. The van der Waals surface area contributed by atoms with Crippen LogP contribution in [-0.4, -0.2) is 16.3 Å². The number of rotatable bonds is 3. The van der Waals surface area contributed by atoms with E-state index >= 15 is 0 Å². The number of benzene rings is 1. The summed E-state index contributed by atoms with van der Waals surface area (Å²) in [6, 6.07) is 5.44. The molecule has 100 valence electrons. The predicted octanol–water partition coefficient (Wildman–Crippen LogP) is 3.18. The van der Waals surface area contributed by atoms with E-state index in [0.717, 1.165) is 11.5 Å². The molecule has 0 saturated heterocycles. The summed E-state index contributed by atoms with van der Waals surface area (Å²) >= 11 is 0. The minimum absolute atomic E-state index is 0.117. The van der Waals surface area contributed by atoms with Crippen LogP contribution in [-0.2, 0) is 0 Å². The van der Waals surface area contributed by atoms with E-state index in [-0.39, 0.29) is 17.5 Å². The largest absolute Gasteiger partial charge is 0.508 e. The van der Waals surface area contributed by atoms with Crippen molar-refractivity contribution in [1.82, 2.24) is 5.32 Å². The smallest absolute Gasteiger partial charge is 0.119 e. The Morgan fingerprint density at radius 1 is 1.11 bits per heavy atom. The number of hydrogen-bond acceptors (Lipinski definition) is 3. The molecule has 0 aliphatic heterocycles. The Morgan fingerprint density at radius 3 is 2.22 bits per heavy atom. The van der Waals surface area contributed by atoms with Gasteiger partial charge < -0.3 is 15.5 Å². The molecule has 0 heterocycles. The fourth-order valence-corrected chi connectivity index (χ4v) is 2.89. The van der Waals surface area contributed by atoms with Crippen LogP contribution < -0.4 is 5.32 Å². The third-order valence-corrected chi connectivity index (χ3v) is 4.35. The first-order chi connectivity index (χ1) is 8.47. The van der Waals surface area contributed by atoms with Crippen molar-refractivity contribution in [2.24, 2.45) is 11.8 Å². The number of phenols is 2. The van der Waals surface area contributed by atoms with E-state index in [1.165, 1.54) is 18.9 Å². The minimum atomic E-state index is 0.117. The molecule has 3 N–H and O–H groups in total. The van der Waals surface area contributed by atoms with Gasteiger partial charge in [-0.05, 0) is 49.3 Å². The Balaban J connectivity index is 2.05. The molecular formula is C15H23NO2. The Kier molecular flexibility index (Phi) is 3.81. The van der Waals surface area contributed by atoms with E-state index in [0.29, 0.717) is 12.0 Å². The Hall–Kier alpha value is -1.22. The molecule has 1 aromatic carbocycles. The molecule has 0 bridgehead atoms. The van der Waals surface area contributed by atoms with Gasteiger partial charge in [-0.3, -0.25) is 0 Å². The lowest BCUT2D eigenvalue weighted by molar-refractivity contribution is 0.346. The van der Waals surface area contributed by atoms with Gasteiger partial charge in [-0.15, -0.1) is 0 Å². The van der Waals surface area contributed by atoms with Crippen molar-refractivity contribution in [3.8, 4) is 11.5 Å². The van der Waals surface area contributed by atoms with Crippen molar-refractivity contribution in [1.29, 1.82) is 0 Å². The number of phenolic OH excluding ortho intramolecular Hbond substituents is 2. The van der Waals surface area contributed by atoms with Gasteiger partial charge in [-0.1, -0.05) is 13.8 Å². The van der Waals surface area contributed by atoms with E-state index in [2.05, 4.69) is 26.1 Å². The fourth-order valence-electron chi connectivity index (χ4n) is 2.89. The van der Waals surface area contributed by atoms with Gasteiger partial charge in [0.2, 0.25) is 0 Å². The molecular weight excluding hydrogens is 226 g/mol. The summed E-state index contributed by atoms with van der Waals surface area (Å²) < 4.78 is 0. The predicted molar refractivity (Wildman–Crippen MR) is 72.7 cm³/mol. The quantitative estimate of drug-likeness (QED) is 0.771. The second kappa shape index (κ2) is 5.19. The lowest BCUT2D eigenvalue weighted by atomic mass is 9.96. The van der Waals surface area contributed by atoms with Crippen molar-refractivity contribution in [3.63, 3.8) is 0 Å². The first-order valence-electron chi connectivity index (χ1n) is 6.76. The van der Waals surface area contributed by atoms with Crippen LogP contribution in [0.15, 0.2) is 18.2 Å². The monoisotopic (exact) mass is 249 g/mol. The van der Waals surface area contributed by atoms with E-state index in [1.54, 1.807) is 12.1 Å². The Morgan fingerprint density at radius 2 is 1.72 bits per heavy atom. The standard InChI is InChI=1S/C15H23NO2/c1-9-4-5-15(10(9)2)16-11(3)12-6-13(17)8-14(18)7-12/h6-11,15-18H,4-5H2,1-3H3. The fraction of sp³-hybridized carbons (Fsp3) is 0.600. The van der Waals surface area contributed by atoms with Crippen LogP contribution >= 0.6 is 0 Å². The van der Waals surface area contributed by atoms with Gasteiger partial charge in [0.15, 0.2) is 0 Å². The molecule has 2 rings (SSSR count). The third-order valence-electron chi connectivity index (χ3n) is 4.35. The Bertz CT molecular complexity index is 399. The van der Waals surface area contributed by atoms with Crippen LogP contribution in [0, 0.1) is 11.8 Å². The third kappa shape index (κ3) is 2.78. The summed E-state index contributed by atoms with van der Waals surface area (Å²) in [6.07, 6.45) is 2.48. The maximum absolute atomic E-state index is 9.51. The second-order valence-electron chi connectivity index (χ2n) is 5.69. The van der Waals surface area contributed by atoms with Crippen LogP contribution in [0.3, 0.4) is 0 Å². The average Bonchev–Trinajstić information content (AvgIpc) is 2.59. The minimum Gasteiger partial charge on any atom is -0.508 e. The first-order valence-corrected chi connectivity index (χ1v) is 6.76. The van der Waals surface area contributed by atoms with Crippen molar-refractivity contribution in [3.05, 3.63) is 23.8 Å². The van der Waals surface area contributed by atoms with E-state index in [9.17, 15) is 10.2 Å². The maximum Gasteiger partial charge on any atom is 0.119 e. The number of nitrogens with one attached hydrogen (secondary N) is 1. The van der Waals surface area contributed by atoms with Crippen molar-refractivity contribution in [2.75, 3.05) is 0 Å². The molecule has 0 aromatic heterocycles. The molecule has 0 spiro atoms. The van der Waals surface area contributed by atoms with Crippen LogP contribution in [0.2, 0.25) is 0 Å². The van der Waals surface area contributed by atoms with Gasteiger partial charge in [0.05, 0.1) is 0 Å². The maximum atomic E-state index is 9.51. The van der Waals surface area contributed by atoms with Gasteiger partial charge in [-0.25, -0.2) is 0 Å². The number of hydrogen-bond donors (Lipinski definition) is 3. The van der Waals surface area contributed by atoms with Gasteiger partial charge in [0.1, 0.15) is 11.5 Å². The SMILES string of the molecule is CC(NC1CCC(C)C1C)c1cc(O)cc(O)c1. The summed E-state index contributed by atoms with van der Waals surface area (Å²) in [4.78, 5) is 0. The highest BCUT2D eigenvalue weighted by molar-refractivity contribution is 5.38. The molecule has 1 aliphatic carbocycles. The summed E-state index contributed by atoms with van der Waals surface area (Å²) in [7, 11) is 0. The highest BCUT2D eigenvalue weighted by Crippen LogP contribution is 2.33. The van der Waals surface area contributed by atoms with Gasteiger partial charge in [-0.2, -0.15) is 0 Å². The molecule has 4 atom stereocenters. The van der Waals surface area contributed by atoms with Crippen LogP contribution in [0.4, 0.5) is 0 Å². The average molecular weight is 249 g/mol. The molecule has 0 amide bonds. The van der Waals surface area contributed by atoms with Gasteiger partial charge >= 0.3 is 0 Å². The van der Waals surface area contributed by atoms with Crippen molar-refractivity contribution in [2.45, 2.75) is 45.7 Å². The summed E-state index contributed by atoms with van der Waals surface area (Å²) in [6.45, 7) is 6.67. The zero-order valence-corrected chi connectivity index (χ0v) is 11.4. The lowest BCUT2D eigenvalue weighted by Gasteiger charge is -2.24. The summed E-state index contributed by atoms with van der Waals surface area (Å²) in [5, 5.41) is 22.6. The van der Waals surface area contributed by atoms with Crippen molar-refractivity contribution >= 4 is 0 Å². The highest BCUT2D eigenvalue weighted by Gasteiger charge is 2.30. The van der Waals surface area contributed by atoms with Gasteiger partial charge in [0.25, 0.3) is 0 Å². The lowest BCUT2D eigenvalue weighted by Crippen LogP contribution is -2.34. The zero-order chi connectivity index (χ0) is 13.3. The number of aromatic hydroxyl groups is 2. The second-order valence-corrected chi connectivity index (χ2v) is 5.69. The van der Waals surface area contributed by atoms with Crippen LogP contribution in [0.1, 0.15) is 45.2 Å². The van der Waals surface area contributed by atoms with E-state index in [4.69, 9.17) is 0 Å². The molecule has 18 heavy (non-hydrogen) atoms. The molecule has 3 nitrogen and oxygen atoms in total. The highest BCUT2D eigenvalue weighted by atomic mass is 16.3. The van der Waals surface area contributed by atoms with Crippen LogP contribution in [0.5, 0.6) is 11.5 Å². The molecule has 1 aromatic rings. The topological polar surface area (TPSA) is 52.5 Å². The molecule has 1 fully saturated rings. The summed E-state index contributed by atoms with van der Waals surface area (Å²) in [5.74, 6) is 1.68. The van der Waals surface area contributed by atoms with Crippen molar-refractivity contribution < 1.29 is 10.2 Å². The van der Waals surface area contributed by atoms with Gasteiger partial charge in [0, 0.05) is 18.2 Å². The molecule has 3 heteroatoms. The zero-order valence-electron chi connectivity index (χ0n) is 11.4. The molecule has 1 aliphatic rings. The van der Waals surface area contributed by atoms with Crippen LogP contribution in [0.25, 0.3) is 0 Å². The molecule has 4 unspecified atom stereocenters. The molecule has 0 radical (unpaired) electrons. The normalized spacial score (nSPS) is 29.4.